The van der Waals surface area contributed by atoms with E-state index in [9.17, 15) is 8.78 Å². The fourth-order valence-corrected chi connectivity index (χ4v) is 1.83. The highest BCUT2D eigenvalue weighted by molar-refractivity contribution is 7.09. The second kappa shape index (κ2) is 4.98. The molecular formula is C10H9F2N3S. The van der Waals surface area contributed by atoms with Crippen LogP contribution in [0.15, 0.2) is 23.8 Å². The lowest BCUT2D eigenvalue weighted by Gasteiger charge is -2.04. The molecule has 6 heteroatoms. The average Bonchev–Trinajstić information content (AvgIpc) is 2.74. The smallest absolute Gasteiger partial charge is 0.168 e. The molecule has 0 saturated heterocycles. The van der Waals surface area contributed by atoms with Crippen LogP contribution in [0.4, 0.5) is 14.6 Å². The Balaban J connectivity index is 1.90. The Bertz CT molecular complexity index is 459. The van der Waals surface area contributed by atoms with Gasteiger partial charge in [-0.05, 0) is 0 Å². The van der Waals surface area contributed by atoms with Gasteiger partial charge in [0.05, 0.1) is 11.2 Å². The van der Waals surface area contributed by atoms with E-state index in [4.69, 9.17) is 0 Å². The predicted octanol–water partition coefficient (Wildman–Crippen LogP) is 2.47. The van der Waals surface area contributed by atoms with Crippen molar-refractivity contribution < 1.29 is 8.78 Å². The number of pyridine rings is 1. The van der Waals surface area contributed by atoms with Crippen molar-refractivity contribution >= 4 is 17.2 Å². The van der Waals surface area contributed by atoms with E-state index in [2.05, 4.69) is 15.3 Å². The third-order valence-corrected chi connectivity index (χ3v) is 2.76. The predicted molar refractivity (Wildman–Crippen MR) is 58.5 cm³/mol. The van der Waals surface area contributed by atoms with Crippen molar-refractivity contribution in [3.05, 3.63) is 40.5 Å². The molecule has 1 N–H and O–H groups in total. The van der Waals surface area contributed by atoms with E-state index < -0.39 is 11.6 Å². The third-order valence-electron chi connectivity index (χ3n) is 1.92. The summed E-state index contributed by atoms with van der Waals surface area (Å²) in [7, 11) is 0. The Hall–Kier alpha value is -1.56. The number of hydrogen-bond acceptors (Lipinski definition) is 4. The van der Waals surface area contributed by atoms with Gasteiger partial charge in [0.25, 0.3) is 0 Å². The topological polar surface area (TPSA) is 37.8 Å². The van der Waals surface area contributed by atoms with Gasteiger partial charge >= 0.3 is 0 Å². The van der Waals surface area contributed by atoms with Gasteiger partial charge in [0.1, 0.15) is 5.82 Å². The Labute approximate surface area is 95.2 Å². The molecule has 2 heterocycles. The quantitative estimate of drug-likeness (QED) is 0.893. The number of anilines is 1. The maximum atomic E-state index is 13.1. The molecule has 0 aromatic carbocycles. The normalized spacial score (nSPS) is 10.4. The van der Waals surface area contributed by atoms with Gasteiger partial charge in [0.15, 0.2) is 11.6 Å². The lowest BCUT2D eigenvalue weighted by Crippen LogP contribution is -2.08. The van der Waals surface area contributed by atoms with E-state index in [1.807, 2.05) is 5.38 Å². The zero-order chi connectivity index (χ0) is 11.4. The fraction of sp³-hybridized carbons (Fsp3) is 0.200. The largest absolute Gasteiger partial charge is 0.367 e. The number of hydrogen-bond donors (Lipinski definition) is 1. The van der Waals surface area contributed by atoms with Crippen molar-refractivity contribution in [3.8, 4) is 0 Å². The Morgan fingerprint density at radius 2 is 2.19 bits per heavy atom. The molecule has 16 heavy (non-hydrogen) atoms. The summed E-state index contributed by atoms with van der Waals surface area (Å²) < 4.78 is 25.7. The number of halogens is 2. The van der Waals surface area contributed by atoms with Gasteiger partial charge in [-0.15, -0.1) is 11.3 Å². The summed E-state index contributed by atoms with van der Waals surface area (Å²) >= 11 is 1.54. The molecule has 84 valence electrons. The van der Waals surface area contributed by atoms with Crippen molar-refractivity contribution in [3.63, 3.8) is 0 Å². The number of nitrogens with zero attached hydrogens (tertiary/aromatic N) is 2. The summed E-state index contributed by atoms with van der Waals surface area (Å²) in [6.07, 6.45) is 3.39. The maximum absolute atomic E-state index is 13.1. The molecule has 0 aliphatic carbocycles. The van der Waals surface area contributed by atoms with E-state index in [1.54, 1.807) is 6.20 Å². The van der Waals surface area contributed by atoms with Crippen LogP contribution in [0.1, 0.15) is 5.01 Å². The van der Waals surface area contributed by atoms with E-state index in [1.165, 1.54) is 11.3 Å². The summed E-state index contributed by atoms with van der Waals surface area (Å²) in [4.78, 5) is 7.71. The standard InChI is InChI=1S/C10H9F2N3S/c11-7-5-8(12)10(15-6-7)14-2-1-9-13-3-4-16-9/h3-6H,1-2H2,(H,14,15). The number of aromatic nitrogens is 2. The summed E-state index contributed by atoms with van der Waals surface area (Å²) in [5, 5.41) is 5.64. The van der Waals surface area contributed by atoms with E-state index in [-0.39, 0.29) is 5.82 Å². The second-order valence-electron chi connectivity index (χ2n) is 3.09. The van der Waals surface area contributed by atoms with Crippen molar-refractivity contribution in [2.75, 3.05) is 11.9 Å². The zero-order valence-electron chi connectivity index (χ0n) is 8.28. The van der Waals surface area contributed by atoms with Crippen LogP contribution in [-0.4, -0.2) is 16.5 Å². The van der Waals surface area contributed by atoms with Crippen LogP contribution in [0.25, 0.3) is 0 Å². The Morgan fingerprint density at radius 1 is 1.31 bits per heavy atom. The number of nitrogens with one attached hydrogen (secondary N) is 1. The van der Waals surface area contributed by atoms with Crippen molar-refractivity contribution in [1.82, 2.24) is 9.97 Å². The SMILES string of the molecule is Fc1cnc(NCCc2nccs2)c(F)c1. The minimum Gasteiger partial charge on any atom is -0.367 e. The molecule has 2 rings (SSSR count). The van der Waals surface area contributed by atoms with Crippen molar-refractivity contribution in [1.29, 1.82) is 0 Å². The van der Waals surface area contributed by atoms with Crippen LogP contribution in [-0.2, 0) is 6.42 Å². The average molecular weight is 241 g/mol. The fourth-order valence-electron chi connectivity index (χ4n) is 1.21. The first-order chi connectivity index (χ1) is 7.75. The van der Waals surface area contributed by atoms with Crippen LogP contribution in [0.3, 0.4) is 0 Å². The molecule has 0 amide bonds. The van der Waals surface area contributed by atoms with E-state index in [0.717, 1.165) is 17.3 Å². The molecule has 0 saturated carbocycles. The molecule has 0 atom stereocenters. The lowest BCUT2D eigenvalue weighted by molar-refractivity contribution is 0.575. The van der Waals surface area contributed by atoms with Gasteiger partial charge in [0.2, 0.25) is 0 Å². The van der Waals surface area contributed by atoms with Gasteiger partial charge in [-0.1, -0.05) is 0 Å². The molecule has 0 fully saturated rings. The molecular weight excluding hydrogens is 232 g/mol. The molecule has 0 unspecified atom stereocenters. The van der Waals surface area contributed by atoms with Gasteiger partial charge in [-0.25, -0.2) is 18.7 Å². The van der Waals surface area contributed by atoms with Gasteiger partial charge in [-0.2, -0.15) is 0 Å². The van der Waals surface area contributed by atoms with Crippen LogP contribution in [0, 0.1) is 11.6 Å². The Morgan fingerprint density at radius 3 is 2.88 bits per heavy atom. The minimum atomic E-state index is -0.681. The van der Waals surface area contributed by atoms with Gasteiger partial charge < -0.3 is 5.32 Å². The third kappa shape index (κ3) is 2.73. The lowest BCUT2D eigenvalue weighted by atomic mass is 10.4. The summed E-state index contributed by atoms with van der Waals surface area (Å²) in [6.45, 7) is 0.517. The van der Waals surface area contributed by atoms with Crippen molar-refractivity contribution in [2.45, 2.75) is 6.42 Å². The molecule has 0 radical (unpaired) electrons. The first-order valence-corrected chi connectivity index (χ1v) is 5.57. The van der Waals surface area contributed by atoms with Crippen LogP contribution >= 0.6 is 11.3 Å². The summed E-state index contributed by atoms with van der Waals surface area (Å²) in [5.74, 6) is -1.29. The maximum Gasteiger partial charge on any atom is 0.168 e. The van der Waals surface area contributed by atoms with Crippen LogP contribution in [0.5, 0.6) is 0 Å². The second-order valence-corrected chi connectivity index (χ2v) is 4.07. The molecule has 3 nitrogen and oxygen atoms in total. The molecule has 0 aliphatic rings. The Kier molecular flexibility index (Phi) is 3.40. The van der Waals surface area contributed by atoms with Crippen LogP contribution in [0.2, 0.25) is 0 Å². The molecule has 0 bridgehead atoms. The zero-order valence-corrected chi connectivity index (χ0v) is 9.10. The highest BCUT2D eigenvalue weighted by atomic mass is 32.1. The minimum absolute atomic E-state index is 0.0676. The van der Waals surface area contributed by atoms with E-state index in [0.29, 0.717) is 13.0 Å². The highest BCUT2D eigenvalue weighted by Crippen LogP contribution is 2.11. The van der Waals surface area contributed by atoms with Gasteiger partial charge in [0, 0.05) is 30.6 Å². The summed E-state index contributed by atoms with van der Waals surface area (Å²) in [5.41, 5.74) is 0. The summed E-state index contributed by atoms with van der Waals surface area (Å²) in [6, 6.07) is 0.804. The number of thiazole rings is 1. The monoisotopic (exact) mass is 241 g/mol. The van der Waals surface area contributed by atoms with Crippen LogP contribution < -0.4 is 5.32 Å². The first kappa shape index (κ1) is 10.9. The molecule has 0 aliphatic heterocycles. The number of rotatable bonds is 4. The molecule has 2 aromatic rings. The molecule has 2 aromatic heterocycles. The van der Waals surface area contributed by atoms with Gasteiger partial charge in [-0.3, -0.25) is 0 Å². The highest BCUT2D eigenvalue weighted by Gasteiger charge is 2.04. The first-order valence-electron chi connectivity index (χ1n) is 4.69. The molecule has 0 spiro atoms. The van der Waals surface area contributed by atoms with Crippen molar-refractivity contribution in [2.24, 2.45) is 0 Å². The van der Waals surface area contributed by atoms with E-state index >= 15 is 0 Å².